The number of carbonyl (C=O) groups is 1. The van der Waals surface area contributed by atoms with Gasteiger partial charge >= 0.3 is 0 Å². The molecule has 0 bridgehead atoms. The molecule has 6 heteroatoms. The third kappa shape index (κ3) is 4.70. The highest BCUT2D eigenvalue weighted by molar-refractivity contribution is 5.92. The molecule has 0 saturated carbocycles. The SMILES string of the molecule is O=C(CNCc1cccc([N+](=O)[O-])c1)Nc1ccccc1. The van der Waals surface area contributed by atoms with Gasteiger partial charge in [-0.15, -0.1) is 0 Å². The van der Waals surface area contributed by atoms with Crippen LogP contribution in [0.1, 0.15) is 5.56 Å². The lowest BCUT2D eigenvalue weighted by Crippen LogP contribution is -2.27. The fraction of sp³-hybridized carbons (Fsp3) is 0.133. The Hall–Kier alpha value is -2.73. The van der Waals surface area contributed by atoms with Gasteiger partial charge in [-0.2, -0.15) is 0 Å². The van der Waals surface area contributed by atoms with Crippen molar-refractivity contribution in [2.24, 2.45) is 0 Å². The molecular weight excluding hydrogens is 270 g/mol. The number of para-hydroxylation sites is 1. The molecule has 0 fully saturated rings. The normalized spacial score (nSPS) is 10.1. The molecule has 0 unspecified atom stereocenters. The minimum absolute atomic E-state index is 0.0445. The van der Waals surface area contributed by atoms with Gasteiger partial charge in [-0.25, -0.2) is 0 Å². The number of nitrogens with one attached hydrogen (secondary N) is 2. The van der Waals surface area contributed by atoms with Crippen molar-refractivity contribution in [2.45, 2.75) is 6.54 Å². The Morgan fingerprint density at radius 1 is 1.10 bits per heavy atom. The van der Waals surface area contributed by atoms with E-state index in [-0.39, 0.29) is 18.1 Å². The quantitative estimate of drug-likeness (QED) is 0.630. The van der Waals surface area contributed by atoms with E-state index in [0.29, 0.717) is 6.54 Å². The fourth-order valence-electron chi connectivity index (χ4n) is 1.83. The number of nitro benzene ring substituents is 1. The summed E-state index contributed by atoms with van der Waals surface area (Å²) in [6.07, 6.45) is 0. The largest absolute Gasteiger partial charge is 0.325 e. The first-order valence-corrected chi connectivity index (χ1v) is 6.44. The van der Waals surface area contributed by atoms with Crippen molar-refractivity contribution < 1.29 is 9.72 Å². The molecule has 108 valence electrons. The van der Waals surface area contributed by atoms with E-state index in [2.05, 4.69) is 10.6 Å². The Labute approximate surface area is 121 Å². The standard InChI is InChI=1S/C15H15N3O3/c19-15(17-13-6-2-1-3-7-13)11-16-10-12-5-4-8-14(9-12)18(20)21/h1-9,16H,10-11H2,(H,17,19). The Bertz CT molecular complexity index is 629. The third-order valence-corrected chi connectivity index (χ3v) is 2.79. The van der Waals surface area contributed by atoms with Crippen LogP contribution in [0.25, 0.3) is 0 Å². The summed E-state index contributed by atoms with van der Waals surface area (Å²) >= 11 is 0. The van der Waals surface area contributed by atoms with Crippen molar-refractivity contribution in [3.8, 4) is 0 Å². The zero-order valence-electron chi connectivity index (χ0n) is 11.3. The van der Waals surface area contributed by atoms with E-state index < -0.39 is 4.92 Å². The maximum Gasteiger partial charge on any atom is 0.269 e. The van der Waals surface area contributed by atoms with Crippen LogP contribution in [0.3, 0.4) is 0 Å². The topological polar surface area (TPSA) is 84.3 Å². The van der Waals surface area contributed by atoms with Gasteiger partial charge in [0.25, 0.3) is 5.69 Å². The number of hydrogen-bond donors (Lipinski definition) is 2. The van der Waals surface area contributed by atoms with E-state index in [9.17, 15) is 14.9 Å². The van der Waals surface area contributed by atoms with Crippen molar-refractivity contribution in [1.82, 2.24) is 5.32 Å². The lowest BCUT2D eigenvalue weighted by Gasteiger charge is -2.06. The summed E-state index contributed by atoms with van der Waals surface area (Å²) in [4.78, 5) is 21.9. The van der Waals surface area contributed by atoms with E-state index in [1.54, 1.807) is 24.3 Å². The highest BCUT2D eigenvalue weighted by Crippen LogP contribution is 2.12. The highest BCUT2D eigenvalue weighted by atomic mass is 16.6. The van der Waals surface area contributed by atoms with Gasteiger partial charge in [0.05, 0.1) is 11.5 Å². The minimum atomic E-state index is -0.439. The number of rotatable bonds is 6. The van der Waals surface area contributed by atoms with E-state index in [4.69, 9.17) is 0 Å². The number of nitrogens with zero attached hydrogens (tertiary/aromatic N) is 1. The number of non-ortho nitro benzene ring substituents is 1. The molecule has 6 nitrogen and oxygen atoms in total. The van der Waals surface area contributed by atoms with Crippen LogP contribution in [0.2, 0.25) is 0 Å². The first kappa shape index (κ1) is 14.7. The van der Waals surface area contributed by atoms with Crippen LogP contribution < -0.4 is 10.6 Å². The molecule has 0 aliphatic heterocycles. The summed E-state index contributed by atoms with van der Waals surface area (Å²) in [5, 5.41) is 16.4. The Kier molecular flexibility index (Phi) is 5.00. The molecule has 0 aliphatic carbocycles. The average molecular weight is 285 g/mol. The van der Waals surface area contributed by atoms with Gasteiger partial charge in [0.2, 0.25) is 5.91 Å². The minimum Gasteiger partial charge on any atom is -0.325 e. The molecule has 0 radical (unpaired) electrons. The second kappa shape index (κ2) is 7.16. The molecule has 0 aliphatic rings. The summed E-state index contributed by atoms with van der Waals surface area (Å²) in [5.74, 6) is -0.161. The van der Waals surface area contributed by atoms with E-state index >= 15 is 0 Å². The van der Waals surface area contributed by atoms with Crippen molar-refractivity contribution in [1.29, 1.82) is 0 Å². The second-order valence-electron chi connectivity index (χ2n) is 4.44. The molecular formula is C15H15N3O3. The second-order valence-corrected chi connectivity index (χ2v) is 4.44. The van der Waals surface area contributed by atoms with Crippen LogP contribution in [0, 0.1) is 10.1 Å². The third-order valence-electron chi connectivity index (χ3n) is 2.79. The van der Waals surface area contributed by atoms with Gasteiger partial charge in [-0.3, -0.25) is 14.9 Å². The smallest absolute Gasteiger partial charge is 0.269 e. The van der Waals surface area contributed by atoms with Crippen molar-refractivity contribution in [2.75, 3.05) is 11.9 Å². The first-order valence-electron chi connectivity index (χ1n) is 6.44. The number of hydrogen-bond acceptors (Lipinski definition) is 4. The molecule has 2 rings (SSSR count). The summed E-state index contributed by atoms with van der Waals surface area (Å²) in [6.45, 7) is 0.529. The zero-order valence-corrected chi connectivity index (χ0v) is 11.3. The number of amides is 1. The Balaban J connectivity index is 1.80. The molecule has 21 heavy (non-hydrogen) atoms. The number of carbonyl (C=O) groups excluding carboxylic acids is 1. The number of anilines is 1. The number of nitro groups is 1. The highest BCUT2D eigenvalue weighted by Gasteiger charge is 2.06. The molecule has 0 saturated heterocycles. The van der Waals surface area contributed by atoms with Gasteiger partial charge in [-0.1, -0.05) is 30.3 Å². The lowest BCUT2D eigenvalue weighted by molar-refractivity contribution is -0.384. The maximum atomic E-state index is 11.7. The lowest BCUT2D eigenvalue weighted by atomic mass is 10.2. The monoisotopic (exact) mass is 285 g/mol. The molecule has 2 aromatic carbocycles. The van der Waals surface area contributed by atoms with Gasteiger partial charge in [0, 0.05) is 24.4 Å². The summed E-state index contributed by atoms with van der Waals surface area (Å²) in [7, 11) is 0. The van der Waals surface area contributed by atoms with Crippen molar-refractivity contribution in [3.05, 3.63) is 70.3 Å². The number of benzene rings is 2. The van der Waals surface area contributed by atoms with E-state index in [0.717, 1.165) is 11.3 Å². The summed E-state index contributed by atoms with van der Waals surface area (Å²) in [5.41, 5.74) is 1.54. The molecule has 0 atom stereocenters. The Morgan fingerprint density at radius 3 is 2.57 bits per heavy atom. The van der Waals surface area contributed by atoms with Crippen molar-refractivity contribution >= 4 is 17.3 Å². The maximum absolute atomic E-state index is 11.7. The van der Waals surface area contributed by atoms with Crippen LogP contribution in [0.5, 0.6) is 0 Å². The molecule has 0 heterocycles. The van der Waals surface area contributed by atoms with Crippen LogP contribution in [-0.2, 0) is 11.3 Å². The average Bonchev–Trinajstić information content (AvgIpc) is 2.48. The van der Waals surface area contributed by atoms with E-state index in [1.165, 1.54) is 12.1 Å². The van der Waals surface area contributed by atoms with Crippen LogP contribution in [0.15, 0.2) is 54.6 Å². The van der Waals surface area contributed by atoms with Crippen LogP contribution in [-0.4, -0.2) is 17.4 Å². The van der Waals surface area contributed by atoms with E-state index in [1.807, 2.05) is 18.2 Å². The molecule has 0 aromatic heterocycles. The Morgan fingerprint density at radius 2 is 1.86 bits per heavy atom. The molecule has 2 aromatic rings. The van der Waals surface area contributed by atoms with Crippen LogP contribution in [0.4, 0.5) is 11.4 Å². The van der Waals surface area contributed by atoms with Gasteiger partial charge in [-0.05, 0) is 17.7 Å². The van der Waals surface area contributed by atoms with Gasteiger partial charge in [0.1, 0.15) is 0 Å². The summed E-state index contributed by atoms with van der Waals surface area (Å²) in [6, 6.07) is 15.5. The van der Waals surface area contributed by atoms with Crippen molar-refractivity contribution in [3.63, 3.8) is 0 Å². The van der Waals surface area contributed by atoms with Crippen LogP contribution >= 0.6 is 0 Å². The molecule has 0 spiro atoms. The fourth-order valence-corrected chi connectivity index (χ4v) is 1.83. The predicted octanol–water partition coefficient (Wildman–Crippen LogP) is 2.32. The van der Waals surface area contributed by atoms with Gasteiger partial charge in [0.15, 0.2) is 0 Å². The molecule has 2 N–H and O–H groups in total. The predicted molar refractivity (Wildman–Crippen MR) is 79.9 cm³/mol. The first-order chi connectivity index (χ1) is 10.1. The zero-order chi connectivity index (χ0) is 15.1. The summed E-state index contributed by atoms with van der Waals surface area (Å²) < 4.78 is 0. The van der Waals surface area contributed by atoms with Gasteiger partial charge < -0.3 is 10.6 Å². The molecule has 1 amide bonds.